The van der Waals surface area contributed by atoms with Gasteiger partial charge in [-0.25, -0.2) is 9.59 Å². The Morgan fingerprint density at radius 1 is 0.800 bits per heavy atom. The molecule has 0 fully saturated rings. The van der Waals surface area contributed by atoms with Crippen molar-refractivity contribution in [1.82, 2.24) is 0 Å². The van der Waals surface area contributed by atoms with Gasteiger partial charge in [0.25, 0.3) is 0 Å². The Hall–Kier alpha value is -4.54. The summed E-state index contributed by atoms with van der Waals surface area (Å²) in [7, 11) is 0. The Balaban J connectivity index is 0.000000317. The molecular formula is C45H64O10. The quantitative estimate of drug-likeness (QED) is 0.0854. The first-order chi connectivity index (χ1) is 25.9. The molecule has 4 rings (SSSR count). The molecule has 2 aliphatic carbocycles. The van der Waals surface area contributed by atoms with Gasteiger partial charge >= 0.3 is 11.9 Å². The second-order valence-electron chi connectivity index (χ2n) is 15.3. The number of benzene rings is 2. The monoisotopic (exact) mass is 764 g/mol. The maximum atomic E-state index is 12.5. The van der Waals surface area contributed by atoms with Crippen molar-refractivity contribution in [3.63, 3.8) is 0 Å². The number of aliphatic hydroxyl groups is 2. The summed E-state index contributed by atoms with van der Waals surface area (Å²) in [6.45, 7) is 21.8. The third-order valence-corrected chi connectivity index (χ3v) is 9.79. The van der Waals surface area contributed by atoms with Crippen LogP contribution in [0.3, 0.4) is 0 Å². The summed E-state index contributed by atoms with van der Waals surface area (Å²) in [4.78, 5) is 24.2. The van der Waals surface area contributed by atoms with Crippen LogP contribution in [0.15, 0.2) is 60.7 Å². The number of aromatic hydroxyl groups is 4. The SMILES string of the molecule is C=C(C)[C@@H]1CCC(C)C=C1c1c(O)cc(CCC)c(C(=O)OCCO)c1O.C=C(C)[C@H]1C=CC(C)(C)CC1.CCCc1cc(O)cc(O)c1C(=O)OCCO. The van der Waals surface area contributed by atoms with Crippen molar-refractivity contribution in [3.05, 3.63) is 88.5 Å². The zero-order valence-electron chi connectivity index (χ0n) is 33.9. The lowest BCUT2D eigenvalue weighted by molar-refractivity contribution is 0.0421. The molecule has 3 atom stereocenters. The number of esters is 2. The molecule has 2 aromatic carbocycles. The van der Waals surface area contributed by atoms with Gasteiger partial charge in [-0.1, -0.05) is 90.0 Å². The normalized spacial score (nSPS) is 18.4. The van der Waals surface area contributed by atoms with E-state index in [0.717, 1.165) is 42.9 Å². The van der Waals surface area contributed by atoms with Gasteiger partial charge in [0.1, 0.15) is 47.3 Å². The fourth-order valence-corrected chi connectivity index (χ4v) is 6.83. The molecule has 0 spiro atoms. The number of allylic oxidation sites excluding steroid dienone is 6. The molecule has 304 valence electrons. The van der Waals surface area contributed by atoms with Crippen LogP contribution in [0.25, 0.3) is 5.57 Å². The topological polar surface area (TPSA) is 174 Å². The molecule has 10 heteroatoms. The molecule has 0 heterocycles. The minimum Gasteiger partial charge on any atom is -0.508 e. The Kier molecular flexibility index (Phi) is 18.7. The highest BCUT2D eigenvalue weighted by atomic mass is 16.5. The van der Waals surface area contributed by atoms with Gasteiger partial charge in [-0.05, 0) is 98.5 Å². The Morgan fingerprint density at radius 3 is 1.85 bits per heavy atom. The number of carbonyl (C=O) groups excluding carboxylic acids is 2. The van der Waals surface area contributed by atoms with Gasteiger partial charge in [0.15, 0.2) is 0 Å². The van der Waals surface area contributed by atoms with Crippen molar-refractivity contribution in [2.24, 2.45) is 23.2 Å². The van der Waals surface area contributed by atoms with Crippen LogP contribution < -0.4 is 0 Å². The zero-order valence-corrected chi connectivity index (χ0v) is 33.9. The van der Waals surface area contributed by atoms with Crippen LogP contribution in [0, 0.1) is 23.2 Å². The van der Waals surface area contributed by atoms with Gasteiger partial charge in [-0.2, -0.15) is 0 Å². The second kappa shape index (κ2) is 22.1. The Labute approximate surface area is 327 Å². The van der Waals surface area contributed by atoms with Gasteiger partial charge in [0.05, 0.1) is 18.8 Å². The summed E-state index contributed by atoms with van der Waals surface area (Å²) < 4.78 is 9.81. The van der Waals surface area contributed by atoms with E-state index in [4.69, 9.17) is 19.7 Å². The van der Waals surface area contributed by atoms with Crippen LogP contribution >= 0.6 is 0 Å². The van der Waals surface area contributed by atoms with E-state index < -0.39 is 11.9 Å². The second-order valence-corrected chi connectivity index (χ2v) is 15.3. The number of hydrogen-bond donors (Lipinski definition) is 6. The molecular weight excluding hydrogens is 700 g/mol. The summed E-state index contributed by atoms with van der Waals surface area (Å²) in [5.74, 6) is -1.13. The van der Waals surface area contributed by atoms with E-state index in [-0.39, 0.29) is 72.0 Å². The van der Waals surface area contributed by atoms with E-state index in [0.29, 0.717) is 41.2 Å². The van der Waals surface area contributed by atoms with Crippen LogP contribution in [-0.4, -0.2) is 69.0 Å². The number of rotatable bonds is 13. The lowest BCUT2D eigenvalue weighted by atomic mass is 9.76. The maximum Gasteiger partial charge on any atom is 0.342 e. The lowest BCUT2D eigenvalue weighted by Crippen LogP contribution is -2.16. The molecule has 0 bridgehead atoms. The van der Waals surface area contributed by atoms with E-state index in [1.54, 1.807) is 6.07 Å². The number of ether oxygens (including phenoxy) is 2. The maximum absolute atomic E-state index is 12.5. The van der Waals surface area contributed by atoms with E-state index in [1.807, 2.05) is 26.8 Å². The molecule has 1 unspecified atom stereocenters. The van der Waals surface area contributed by atoms with Crippen molar-refractivity contribution >= 4 is 17.5 Å². The van der Waals surface area contributed by atoms with Crippen molar-refractivity contribution in [3.8, 4) is 23.0 Å². The van der Waals surface area contributed by atoms with Crippen LogP contribution in [0.1, 0.15) is 124 Å². The minimum absolute atomic E-state index is 0.0105. The first-order valence-electron chi connectivity index (χ1n) is 19.3. The van der Waals surface area contributed by atoms with Crippen LogP contribution in [0.4, 0.5) is 0 Å². The minimum atomic E-state index is -0.694. The highest BCUT2D eigenvalue weighted by Crippen LogP contribution is 2.47. The number of phenols is 4. The highest BCUT2D eigenvalue weighted by molar-refractivity contribution is 5.98. The van der Waals surface area contributed by atoms with Gasteiger partial charge < -0.3 is 40.1 Å². The van der Waals surface area contributed by atoms with Crippen molar-refractivity contribution in [2.45, 2.75) is 99.8 Å². The van der Waals surface area contributed by atoms with Gasteiger partial charge in [-0.3, -0.25) is 0 Å². The van der Waals surface area contributed by atoms with Crippen LogP contribution in [0.2, 0.25) is 0 Å². The standard InChI is InChI=1S/C22H30O5.C12H16O5.C11H18/c1-5-6-15-12-18(24)20(21(25)19(15)22(26)27-10-9-23)17-11-14(4)7-8-16(17)13(2)3;1-2-3-8-6-9(14)7-10(15)11(8)12(16)17-5-4-13;1-9(2)10-5-7-11(3,4)8-6-10/h11-12,14,16,23-25H,2,5-10H2,1,3-4H3;6-7,13-15H,2-5H2,1H3;5,7,10H,1,6,8H2,2-4H3/t14?,16-;;10-/m0.0/s1. The molecule has 0 aliphatic heterocycles. The van der Waals surface area contributed by atoms with Crippen molar-refractivity contribution in [1.29, 1.82) is 0 Å². The predicted molar refractivity (Wildman–Crippen MR) is 217 cm³/mol. The molecule has 2 aromatic rings. The fourth-order valence-electron chi connectivity index (χ4n) is 6.83. The summed E-state index contributed by atoms with van der Waals surface area (Å²) in [6, 6.07) is 4.07. The fraction of sp³-hybridized carbons (Fsp3) is 0.511. The predicted octanol–water partition coefficient (Wildman–Crippen LogP) is 8.96. The third-order valence-electron chi connectivity index (χ3n) is 9.79. The highest BCUT2D eigenvalue weighted by Gasteiger charge is 2.31. The molecule has 10 nitrogen and oxygen atoms in total. The summed E-state index contributed by atoms with van der Waals surface area (Å²) >= 11 is 0. The molecule has 6 N–H and O–H groups in total. The van der Waals surface area contributed by atoms with Crippen LogP contribution in [-0.2, 0) is 22.3 Å². The van der Waals surface area contributed by atoms with Crippen molar-refractivity contribution in [2.75, 3.05) is 26.4 Å². The van der Waals surface area contributed by atoms with Gasteiger partial charge in [0, 0.05) is 12.0 Å². The molecule has 0 amide bonds. The van der Waals surface area contributed by atoms with E-state index in [2.05, 4.69) is 53.0 Å². The number of phenolic OH excluding ortho intramolecular Hbond substituents is 4. The number of aliphatic hydroxyl groups excluding tert-OH is 2. The van der Waals surface area contributed by atoms with E-state index >= 15 is 0 Å². The number of carbonyl (C=O) groups is 2. The molecule has 0 saturated carbocycles. The van der Waals surface area contributed by atoms with Crippen LogP contribution in [0.5, 0.6) is 23.0 Å². The smallest absolute Gasteiger partial charge is 0.342 e. The molecule has 0 saturated heterocycles. The lowest BCUT2D eigenvalue weighted by Gasteiger charge is -2.29. The first-order valence-corrected chi connectivity index (χ1v) is 19.3. The van der Waals surface area contributed by atoms with Crippen molar-refractivity contribution < 1.29 is 49.7 Å². The molecule has 2 aliphatic rings. The molecule has 0 aromatic heterocycles. The largest absolute Gasteiger partial charge is 0.508 e. The number of hydrogen-bond acceptors (Lipinski definition) is 10. The summed E-state index contributed by atoms with van der Waals surface area (Å²) in [5.41, 5.74) is 4.96. The average Bonchev–Trinajstić information content (AvgIpc) is 3.10. The average molecular weight is 765 g/mol. The number of aryl methyl sites for hydroxylation is 2. The van der Waals surface area contributed by atoms with E-state index in [1.165, 1.54) is 24.5 Å². The molecule has 55 heavy (non-hydrogen) atoms. The zero-order chi connectivity index (χ0) is 41.5. The first kappa shape index (κ1) is 46.6. The molecule has 0 radical (unpaired) electrons. The van der Waals surface area contributed by atoms with E-state index in [9.17, 15) is 30.0 Å². The summed E-state index contributed by atoms with van der Waals surface area (Å²) in [5, 5.41) is 58.2. The summed E-state index contributed by atoms with van der Waals surface area (Å²) in [6.07, 6.45) is 13.7. The van der Waals surface area contributed by atoms with Gasteiger partial charge in [0.2, 0.25) is 0 Å². The Bertz CT molecular complexity index is 1700. The third kappa shape index (κ3) is 13.6. The van der Waals surface area contributed by atoms with Gasteiger partial charge in [-0.15, -0.1) is 0 Å². The Morgan fingerprint density at radius 2 is 1.36 bits per heavy atom.